The molecule has 3 heterocycles. The lowest BCUT2D eigenvalue weighted by molar-refractivity contribution is 0.158. The normalized spacial score (nSPS) is 22.3. The Bertz CT molecular complexity index is 465. The molecule has 2 unspecified atom stereocenters. The molecule has 0 spiro atoms. The summed E-state index contributed by atoms with van der Waals surface area (Å²) in [6, 6.07) is 0. The number of hydrogen-bond donors (Lipinski definition) is 0. The van der Waals surface area contributed by atoms with Crippen molar-refractivity contribution in [2.24, 2.45) is 0 Å². The van der Waals surface area contributed by atoms with E-state index in [4.69, 9.17) is 0 Å². The molecular formula is C12H18N6. The third kappa shape index (κ3) is 1.42. The third-order valence-corrected chi connectivity index (χ3v) is 3.36. The molecule has 1 aliphatic heterocycles. The second-order valence-electron chi connectivity index (χ2n) is 5.06. The van der Waals surface area contributed by atoms with Crippen molar-refractivity contribution < 1.29 is 0 Å². The fourth-order valence-electron chi connectivity index (χ4n) is 2.67. The smallest absolute Gasteiger partial charge is 0.148 e. The van der Waals surface area contributed by atoms with Gasteiger partial charge < -0.3 is 9.13 Å². The van der Waals surface area contributed by atoms with Crippen LogP contribution in [0.4, 0.5) is 0 Å². The first kappa shape index (κ1) is 11.4. The summed E-state index contributed by atoms with van der Waals surface area (Å²) in [6.07, 6.45) is 7.97. The Hall–Kier alpha value is -1.66. The van der Waals surface area contributed by atoms with Gasteiger partial charge in [0, 0.05) is 24.8 Å². The van der Waals surface area contributed by atoms with Crippen molar-refractivity contribution in [1.82, 2.24) is 28.9 Å². The lowest BCUT2D eigenvalue weighted by atomic mass is 10.2. The maximum atomic E-state index is 4.52. The maximum Gasteiger partial charge on any atom is 0.148 e. The van der Waals surface area contributed by atoms with E-state index in [1.54, 1.807) is 0 Å². The van der Waals surface area contributed by atoms with Crippen LogP contribution in [0.25, 0.3) is 0 Å². The number of hydrogen-bond acceptors (Lipinski definition) is 4. The molecule has 0 N–H and O–H groups in total. The summed E-state index contributed by atoms with van der Waals surface area (Å²) in [4.78, 5) is 13.3. The highest BCUT2D eigenvalue weighted by molar-refractivity contribution is 5.16. The van der Waals surface area contributed by atoms with Crippen molar-refractivity contribution in [2.75, 3.05) is 28.2 Å². The van der Waals surface area contributed by atoms with Crippen LogP contribution in [0.15, 0.2) is 24.8 Å². The van der Waals surface area contributed by atoms with Gasteiger partial charge in [0.1, 0.15) is 24.0 Å². The molecule has 0 fully saturated rings. The van der Waals surface area contributed by atoms with Crippen LogP contribution in [-0.4, -0.2) is 57.1 Å². The molecular weight excluding hydrogens is 228 g/mol. The Morgan fingerprint density at radius 2 is 1.22 bits per heavy atom. The Morgan fingerprint density at radius 3 is 1.56 bits per heavy atom. The zero-order chi connectivity index (χ0) is 12.9. The minimum atomic E-state index is 0.105. The number of aromatic nitrogens is 4. The summed E-state index contributed by atoms with van der Waals surface area (Å²) in [5, 5.41) is 0. The number of nitrogens with zero attached hydrogens (tertiary/aromatic N) is 6. The number of rotatable bonds is 2. The molecule has 0 saturated heterocycles. The summed E-state index contributed by atoms with van der Waals surface area (Å²) in [6.45, 7) is 0. The summed E-state index contributed by atoms with van der Waals surface area (Å²) >= 11 is 0. The lowest BCUT2D eigenvalue weighted by Crippen LogP contribution is -2.41. The van der Waals surface area contributed by atoms with Crippen LogP contribution < -0.4 is 0 Å². The van der Waals surface area contributed by atoms with Gasteiger partial charge in [0.05, 0.1) is 0 Å². The van der Waals surface area contributed by atoms with E-state index in [-0.39, 0.29) is 12.3 Å². The van der Waals surface area contributed by atoms with Crippen molar-refractivity contribution >= 4 is 0 Å². The first-order valence-electron chi connectivity index (χ1n) is 5.99. The van der Waals surface area contributed by atoms with Crippen LogP contribution in [0.5, 0.6) is 0 Å². The first-order chi connectivity index (χ1) is 8.61. The summed E-state index contributed by atoms with van der Waals surface area (Å²) < 4.78 is 4.38. The summed E-state index contributed by atoms with van der Waals surface area (Å²) in [5.41, 5.74) is 0. The highest BCUT2D eigenvalue weighted by Gasteiger charge is 2.35. The molecule has 0 bridgehead atoms. The standard InChI is InChI=1S/C12H18N6/c1-15(2)11-9-13-6-8-18(9)12(16(3)4)10-14-5-7-17(10)11/h5-8,11-12H,1-4H3. The minimum absolute atomic E-state index is 0.105. The van der Waals surface area contributed by atoms with Gasteiger partial charge in [0.15, 0.2) is 0 Å². The van der Waals surface area contributed by atoms with Gasteiger partial charge in [-0.3, -0.25) is 9.80 Å². The Morgan fingerprint density at radius 1 is 0.833 bits per heavy atom. The van der Waals surface area contributed by atoms with Gasteiger partial charge in [0.2, 0.25) is 0 Å². The molecule has 2 atom stereocenters. The van der Waals surface area contributed by atoms with Crippen molar-refractivity contribution in [1.29, 1.82) is 0 Å². The molecule has 2 aromatic rings. The van der Waals surface area contributed by atoms with E-state index in [9.17, 15) is 0 Å². The average molecular weight is 246 g/mol. The fraction of sp³-hybridized carbons (Fsp3) is 0.500. The van der Waals surface area contributed by atoms with Crippen molar-refractivity contribution in [3.8, 4) is 0 Å². The van der Waals surface area contributed by atoms with Gasteiger partial charge in [-0.05, 0) is 28.2 Å². The average Bonchev–Trinajstić information content (AvgIpc) is 2.91. The van der Waals surface area contributed by atoms with Crippen molar-refractivity contribution in [3.63, 3.8) is 0 Å². The Kier molecular flexibility index (Phi) is 2.49. The van der Waals surface area contributed by atoms with Crippen LogP contribution in [0, 0.1) is 0 Å². The van der Waals surface area contributed by atoms with Gasteiger partial charge in [-0.25, -0.2) is 9.97 Å². The highest BCUT2D eigenvalue weighted by Crippen LogP contribution is 2.33. The monoisotopic (exact) mass is 246 g/mol. The Balaban J connectivity index is 2.22. The largest absolute Gasteiger partial charge is 0.308 e. The van der Waals surface area contributed by atoms with Gasteiger partial charge in [0.25, 0.3) is 0 Å². The van der Waals surface area contributed by atoms with E-state index in [0.29, 0.717) is 0 Å². The van der Waals surface area contributed by atoms with E-state index in [1.165, 1.54) is 0 Å². The molecule has 0 aromatic carbocycles. The topological polar surface area (TPSA) is 42.1 Å². The van der Waals surface area contributed by atoms with Crippen LogP contribution in [0.2, 0.25) is 0 Å². The van der Waals surface area contributed by atoms with E-state index in [2.05, 4.69) is 57.1 Å². The molecule has 6 nitrogen and oxygen atoms in total. The van der Waals surface area contributed by atoms with Gasteiger partial charge in [-0.15, -0.1) is 0 Å². The SMILES string of the molecule is CN(C)C1c2nccn2C(N(C)C)c2nccn21. The van der Waals surface area contributed by atoms with Crippen LogP contribution in [0.3, 0.4) is 0 Å². The zero-order valence-electron chi connectivity index (χ0n) is 11.1. The highest BCUT2D eigenvalue weighted by atomic mass is 15.4. The Labute approximate surface area is 106 Å². The van der Waals surface area contributed by atoms with Crippen LogP contribution in [-0.2, 0) is 0 Å². The van der Waals surface area contributed by atoms with E-state index in [0.717, 1.165) is 11.6 Å². The summed E-state index contributed by atoms with van der Waals surface area (Å²) in [7, 11) is 8.24. The van der Waals surface area contributed by atoms with Crippen molar-refractivity contribution in [2.45, 2.75) is 12.3 Å². The number of imidazole rings is 2. The zero-order valence-corrected chi connectivity index (χ0v) is 11.1. The van der Waals surface area contributed by atoms with E-state index >= 15 is 0 Å². The van der Waals surface area contributed by atoms with Gasteiger partial charge in [-0.2, -0.15) is 0 Å². The predicted octanol–water partition coefficient (Wildman–Crippen LogP) is 0.610. The molecule has 0 radical (unpaired) electrons. The molecule has 0 saturated carbocycles. The first-order valence-corrected chi connectivity index (χ1v) is 5.99. The van der Waals surface area contributed by atoms with Gasteiger partial charge in [-0.1, -0.05) is 0 Å². The molecule has 6 heteroatoms. The minimum Gasteiger partial charge on any atom is -0.308 e. The second kappa shape index (κ2) is 3.93. The quantitative estimate of drug-likeness (QED) is 0.778. The van der Waals surface area contributed by atoms with Crippen LogP contribution in [0.1, 0.15) is 24.0 Å². The van der Waals surface area contributed by atoms with Gasteiger partial charge >= 0.3 is 0 Å². The van der Waals surface area contributed by atoms with Crippen molar-refractivity contribution in [3.05, 3.63) is 36.4 Å². The molecule has 3 rings (SSSR count). The van der Waals surface area contributed by atoms with E-state index < -0.39 is 0 Å². The predicted molar refractivity (Wildman–Crippen MR) is 68.1 cm³/mol. The second-order valence-corrected chi connectivity index (χ2v) is 5.06. The maximum absolute atomic E-state index is 4.52. The molecule has 96 valence electrons. The molecule has 1 aliphatic rings. The lowest BCUT2D eigenvalue weighted by Gasteiger charge is -2.37. The molecule has 2 aromatic heterocycles. The fourth-order valence-corrected chi connectivity index (χ4v) is 2.67. The summed E-state index contributed by atoms with van der Waals surface area (Å²) in [5.74, 6) is 2.09. The molecule has 18 heavy (non-hydrogen) atoms. The third-order valence-electron chi connectivity index (χ3n) is 3.36. The van der Waals surface area contributed by atoms with Crippen LogP contribution >= 0.6 is 0 Å². The number of fused-ring (bicyclic) bond motifs is 2. The molecule has 0 aliphatic carbocycles. The van der Waals surface area contributed by atoms with E-state index in [1.807, 2.05) is 24.8 Å². The molecule has 0 amide bonds.